The van der Waals surface area contributed by atoms with E-state index in [1.807, 2.05) is 6.92 Å². The zero-order valence-corrected chi connectivity index (χ0v) is 12.9. The summed E-state index contributed by atoms with van der Waals surface area (Å²) in [6, 6.07) is 4.30. The number of nitrogens with one attached hydrogen (secondary N) is 1. The summed E-state index contributed by atoms with van der Waals surface area (Å²) in [7, 11) is 0. The summed E-state index contributed by atoms with van der Waals surface area (Å²) in [5, 5.41) is 3.49. The molecule has 2 rings (SSSR count). The lowest BCUT2D eigenvalue weighted by molar-refractivity contribution is -0.0609. The summed E-state index contributed by atoms with van der Waals surface area (Å²) in [5.41, 5.74) is 0.640. The molecule has 1 unspecified atom stereocenters. The van der Waals surface area contributed by atoms with Gasteiger partial charge in [-0.2, -0.15) is 0 Å². The Bertz CT molecular complexity index is 458. The fourth-order valence-electron chi connectivity index (χ4n) is 3.45. The molecule has 1 fully saturated rings. The summed E-state index contributed by atoms with van der Waals surface area (Å²) in [5.74, 6) is -1.57. The second-order valence-corrected chi connectivity index (χ2v) is 5.77. The molecule has 0 bridgehead atoms. The third-order valence-corrected chi connectivity index (χ3v) is 4.39. The fraction of sp³-hybridized carbons (Fsp3) is 0.647. The molecule has 1 aliphatic rings. The van der Waals surface area contributed by atoms with Gasteiger partial charge in [0.2, 0.25) is 0 Å². The lowest BCUT2D eigenvalue weighted by Crippen LogP contribution is -2.52. The van der Waals surface area contributed by atoms with Crippen molar-refractivity contribution < 1.29 is 13.5 Å². The first-order valence-corrected chi connectivity index (χ1v) is 7.92. The normalized spacial score (nSPS) is 18.9. The standard InChI is InChI=1S/C17H25F2NO/c1-3-20-16(17(21-4-2)9-5-6-10-17)12-13-7-8-14(18)15(19)11-13/h7-8,11,16,20H,3-6,9-10,12H2,1-2H3. The van der Waals surface area contributed by atoms with Gasteiger partial charge in [0.15, 0.2) is 11.6 Å². The Hall–Kier alpha value is -1.00. The van der Waals surface area contributed by atoms with E-state index in [2.05, 4.69) is 12.2 Å². The van der Waals surface area contributed by atoms with Crippen LogP contribution >= 0.6 is 0 Å². The van der Waals surface area contributed by atoms with Crippen molar-refractivity contribution in [3.05, 3.63) is 35.4 Å². The van der Waals surface area contributed by atoms with Gasteiger partial charge in [-0.3, -0.25) is 0 Å². The number of rotatable bonds is 7. The average molecular weight is 297 g/mol. The maximum atomic E-state index is 13.4. The van der Waals surface area contributed by atoms with Gasteiger partial charge in [-0.1, -0.05) is 25.8 Å². The van der Waals surface area contributed by atoms with Crippen LogP contribution in [0.15, 0.2) is 18.2 Å². The minimum Gasteiger partial charge on any atom is -0.374 e. The molecule has 0 amide bonds. The van der Waals surface area contributed by atoms with E-state index in [0.29, 0.717) is 13.0 Å². The predicted molar refractivity (Wildman–Crippen MR) is 80.4 cm³/mol. The Morgan fingerprint density at radius 2 is 1.90 bits per heavy atom. The zero-order valence-electron chi connectivity index (χ0n) is 12.9. The molecular formula is C17H25F2NO. The first-order valence-electron chi connectivity index (χ1n) is 7.92. The van der Waals surface area contributed by atoms with E-state index in [0.717, 1.165) is 24.9 Å². The highest BCUT2D eigenvalue weighted by molar-refractivity contribution is 5.20. The van der Waals surface area contributed by atoms with Gasteiger partial charge in [0.05, 0.1) is 5.60 Å². The van der Waals surface area contributed by atoms with E-state index in [-0.39, 0.29) is 11.6 Å². The molecule has 1 atom stereocenters. The quantitative estimate of drug-likeness (QED) is 0.826. The summed E-state index contributed by atoms with van der Waals surface area (Å²) in [6.45, 7) is 5.59. The van der Waals surface area contributed by atoms with E-state index >= 15 is 0 Å². The Morgan fingerprint density at radius 3 is 2.48 bits per heavy atom. The van der Waals surface area contributed by atoms with Gasteiger partial charge in [0.1, 0.15) is 0 Å². The van der Waals surface area contributed by atoms with Gasteiger partial charge in [-0.25, -0.2) is 8.78 Å². The van der Waals surface area contributed by atoms with Crippen LogP contribution in [0.25, 0.3) is 0 Å². The maximum absolute atomic E-state index is 13.4. The first-order chi connectivity index (χ1) is 10.1. The molecule has 4 heteroatoms. The summed E-state index contributed by atoms with van der Waals surface area (Å²) in [4.78, 5) is 0. The Balaban J connectivity index is 2.19. The van der Waals surface area contributed by atoms with Gasteiger partial charge in [-0.05, 0) is 50.4 Å². The molecule has 0 saturated heterocycles. The van der Waals surface area contributed by atoms with Crippen molar-refractivity contribution in [2.45, 2.75) is 57.6 Å². The van der Waals surface area contributed by atoms with E-state index in [4.69, 9.17) is 4.74 Å². The van der Waals surface area contributed by atoms with Gasteiger partial charge < -0.3 is 10.1 Å². The molecule has 1 aromatic rings. The minimum absolute atomic E-state index is 0.134. The third-order valence-electron chi connectivity index (χ3n) is 4.39. The van der Waals surface area contributed by atoms with Crippen molar-refractivity contribution in [1.29, 1.82) is 0 Å². The van der Waals surface area contributed by atoms with Crippen LogP contribution in [0.1, 0.15) is 45.1 Å². The van der Waals surface area contributed by atoms with Crippen molar-refractivity contribution in [2.24, 2.45) is 0 Å². The Morgan fingerprint density at radius 1 is 1.19 bits per heavy atom. The van der Waals surface area contributed by atoms with Crippen LogP contribution < -0.4 is 5.32 Å². The van der Waals surface area contributed by atoms with Crippen LogP contribution in [0.4, 0.5) is 8.78 Å². The third kappa shape index (κ3) is 3.80. The van der Waals surface area contributed by atoms with E-state index in [9.17, 15) is 8.78 Å². The molecule has 1 aromatic carbocycles. The van der Waals surface area contributed by atoms with Crippen molar-refractivity contribution in [1.82, 2.24) is 5.32 Å². The number of likely N-dealkylation sites (N-methyl/N-ethyl adjacent to an activating group) is 1. The molecule has 0 radical (unpaired) electrons. The molecule has 2 nitrogen and oxygen atoms in total. The smallest absolute Gasteiger partial charge is 0.159 e. The fourth-order valence-corrected chi connectivity index (χ4v) is 3.45. The number of hydrogen-bond donors (Lipinski definition) is 1. The maximum Gasteiger partial charge on any atom is 0.159 e. The van der Waals surface area contributed by atoms with Crippen molar-refractivity contribution in [2.75, 3.05) is 13.2 Å². The van der Waals surface area contributed by atoms with Gasteiger partial charge >= 0.3 is 0 Å². The van der Waals surface area contributed by atoms with E-state index in [1.165, 1.54) is 25.0 Å². The SMILES string of the molecule is CCNC(Cc1ccc(F)c(F)c1)C1(OCC)CCCC1. The molecule has 1 N–H and O–H groups in total. The van der Waals surface area contributed by atoms with Gasteiger partial charge in [0, 0.05) is 12.6 Å². The van der Waals surface area contributed by atoms with Gasteiger partial charge in [-0.15, -0.1) is 0 Å². The number of benzene rings is 1. The number of halogens is 2. The predicted octanol–water partition coefficient (Wildman–Crippen LogP) is 3.83. The van der Waals surface area contributed by atoms with E-state index in [1.54, 1.807) is 6.07 Å². The average Bonchev–Trinajstić information content (AvgIpc) is 2.92. The van der Waals surface area contributed by atoms with Gasteiger partial charge in [0.25, 0.3) is 0 Å². The molecule has 0 spiro atoms. The molecule has 21 heavy (non-hydrogen) atoms. The largest absolute Gasteiger partial charge is 0.374 e. The minimum atomic E-state index is -0.792. The summed E-state index contributed by atoms with van der Waals surface area (Å²) < 4.78 is 32.6. The monoisotopic (exact) mass is 297 g/mol. The van der Waals surface area contributed by atoms with Crippen LogP contribution in [-0.4, -0.2) is 24.8 Å². The Kier molecular flexibility index (Phi) is 5.71. The van der Waals surface area contributed by atoms with Crippen LogP contribution in [0.3, 0.4) is 0 Å². The van der Waals surface area contributed by atoms with Crippen molar-refractivity contribution in [3.8, 4) is 0 Å². The summed E-state index contributed by atoms with van der Waals surface area (Å²) >= 11 is 0. The van der Waals surface area contributed by atoms with Crippen LogP contribution in [-0.2, 0) is 11.2 Å². The highest BCUT2D eigenvalue weighted by Crippen LogP contribution is 2.37. The molecule has 1 saturated carbocycles. The highest BCUT2D eigenvalue weighted by atomic mass is 19.2. The van der Waals surface area contributed by atoms with Crippen LogP contribution in [0.2, 0.25) is 0 Å². The molecule has 0 aromatic heterocycles. The number of hydrogen-bond acceptors (Lipinski definition) is 2. The zero-order chi connectivity index (χ0) is 15.3. The van der Waals surface area contributed by atoms with E-state index < -0.39 is 11.6 Å². The van der Waals surface area contributed by atoms with Crippen LogP contribution in [0.5, 0.6) is 0 Å². The highest BCUT2D eigenvalue weighted by Gasteiger charge is 2.41. The summed E-state index contributed by atoms with van der Waals surface area (Å²) in [6.07, 6.45) is 5.05. The van der Waals surface area contributed by atoms with Crippen molar-refractivity contribution in [3.63, 3.8) is 0 Å². The van der Waals surface area contributed by atoms with Crippen molar-refractivity contribution >= 4 is 0 Å². The molecule has 118 valence electrons. The second kappa shape index (κ2) is 7.32. The molecular weight excluding hydrogens is 272 g/mol. The lowest BCUT2D eigenvalue weighted by Gasteiger charge is -2.38. The lowest BCUT2D eigenvalue weighted by atomic mass is 9.87. The first kappa shape index (κ1) is 16.4. The van der Waals surface area contributed by atoms with Crippen LogP contribution in [0, 0.1) is 11.6 Å². The Labute approximate surface area is 125 Å². The molecule has 1 aliphatic carbocycles. The second-order valence-electron chi connectivity index (χ2n) is 5.77. The molecule has 0 heterocycles. The topological polar surface area (TPSA) is 21.3 Å². The molecule has 0 aliphatic heterocycles. The number of ether oxygens (including phenoxy) is 1.